The monoisotopic (exact) mass is 364 g/mol. The van der Waals surface area contributed by atoms with Gasteiger partial charge in [-0.25, -0.2) is 4.98 Å². The number of carbonyl (C=O) groups excluding carboxylic acids is 1. The first-order valence-electron chi connectivity index (χ1n) is 9.46. The van der Waals surface area contributed by atoms with E-state index in [0.717, 1.165) is 43.7 Å². The highest BCUT2D eigenvalue weighted by Gasteiger charge is 2.25. The van der Waals surface area contributed by atoms with Crippen LogP contribution in [0.5, 0.6) is 0 Å². The number of hydrogen-bond donors (Lipinski definition) is 1. The van der Waals surface area contributed by atoms with Crippen LogP contribution in [0.15, 0.2) is 49.1 Å². The standard InChI is InChI=1S/C20H24N6O/c27-20(8-11-26-15-21-14-22-26)25-9-6-17(7-10-25)19-13-18(23-24-19)12-16-4-2-1-3-5-16/h1-5,13-15,17H,6-12H2,(H,23,24). The van der Waals surface area contributed by atoms with E-state index in [4.69, 9.17) is 0 Å². The van der Waals surface area contributed by atoms with Crippen molar-refractivity contribution >= 4 is 5.91 Å². The van der Waals surface area contributed by atoms with Crippen molar-refractivity contribution in [3.63, 3.8) is 0 Å². The Balaban J connectivity index is 1.27. The zero-order valence-corrected chi connectivity index (χ0v) is 15.3. The molecule has 0 aliphatic carbocycles. The molecule has 1 aromatic carbocycles. The van der Waals surface area contributed by atoms with Gasteiger partial charge in [0.05, 0.1) is 12.2 Å². The van der Waals surface area contributed by atoms with Crippen LogP contribution in [-0.4, -0.2) is 48.9 Å². The molecule has 0 atom stereocenters. The van der Waals surface area contributed by atoms with Gasteiger partial charge in [0.15, 0.2) is 0 Å². The minimum atomic E-state index is 0.191. The second-order valence-corrected chi connectivity index (χ2v) is 7.04. The van der Waals surface area contributed by atoms with E-state index in [1.54, 1.807) is 11.0 Å². The number of amides is 1. The van der Waals surface area contributed by atoms with E-state index in [1.807, 2.05) is 11.0 Å². The van der Waals surface area contributed by atoms with Crippen LogP contribution in [0.3, 0.4) is 0 Å². The van der Waals surface area contributed by atoms with E-state index >= 15 is 0 Å². The SMILES string of the molecule is O=C(CCn1cncn1)N1CCC(c2cc(Cc3ccccc3)[nH]n2)CC1. The molecule has 140 valence electrons. The van der Waals surface area contributed by atoms with Gasteiger partial charge in [0.2, 0.25) is 5.91 Å². The summed E-state index contributed by atoms with van der Waals surface area (Å²) in [5, 5.41) is 11.7. The molecule has 4 rings (SSSR count). The lowest BCUT2D eigenvalue weighted by molar-refractivity contribution is -0.132. The van der Waals surface area contributed by atoms with E-state index in [2.05, 4.69) is 50.6 Å². The highest BCUT2D eigenvalue weighted by atomic mass is 16.2. The average Bonchev–Trinajstić information content (AvgIpc) is 3.39. The number of piperidine rings is 1. The third-order valence-electron chi connectivity index (χ3n) is 5.18. The summed E-state index contributed by atoms with van der Waals surface area (Å²) >= 11 is 0. The fraction of sp³-hybridized carbons (Fsp3) is 0.400. The van der Waals surface area contributed by atoms with E-state index in [1.165, 1.54) is 11.9 Å². The van der Waals surface area contributed by atoms with Crippen LogP contribution < -0.4 is 0 Å². The zero-order chi connectivity index (χ0) is 18.5. The van der Waals surface area contributed by atoms with Gasteiger partial charge in [-0.15, -0.1) is 0 Å². The van der Waals surface area contributed by atoms with Gasteiger partial charge >= 0.3 is 0 Å². The third-order valence-corrected chi connectivity index (χ3v) is 5.18. The molecule has 0 saturated carbocycles. The van der Waals surface area contributed by atoms with Gasteiger partial charge in [0, 0.05) is 37.5 Å². The van der Waals surface area contributed by atoms with Crippen molar-refractivity contribution in [3.8, 4) is 0 Å². The number of H-pyrrole nitrogens is 1. The summed E-state index contributed by atoms with van der Waals surface area (Å²) in [5.41, 5.74) is 3.54. The number of likely N-dealkylation sites (tertiary alicyclic amines) is 1. The highest BCUT2D eigenvalue weighted by molar-refractivity contribution is 5.76. The van der Waals surface area contributed by atoms with E-state index in [9.17, 15) is 4.79 Å². The van der Waals surface area contributed by atoms with Crippen LogP contribution in [0.1, 0.15) is 42.1 Å². The smallest absolute Gasteiger partial charge is 0.224 e. The fourth-order valence-electron chi connectivity index (χ4n) is 3.64. The molecular formula is C20H24N6O. The molecule has 1 amide bonds. The van der Waals surface area contributed by atoms with Gasteiger partial charge in [-0.05, 0) is 24.5 Å². The van der Waals surface area contributed by atoms with E-state index in [0.29, 0.717) is 18.9 Å². The number of hydrogen-bond acceptors (Lipinski definition) is 4. The molecule has 1 aliphatic heterocycles. The van der Waals surface area contributed by atoms with Gasteiger partial charge in [0.25, 0.3) is 0 Å². The molecule has 0 unspecified atom stereocenters. The third kappa shape index (κ3) is 4.42. The number of nitrogens with one attached hydrogen (secondary N) is 1. The first-order valence-corrected chi connectivity index (χ1v) is 9.46. The molecular weight excluding hydrogens is 340 g/mol. The minimum Gasteiger partial charge on any atom is -0.343 e. The number of aromatic amines is 1. The molecule has 7 nitrogen and oxygen atoms in total. The maximum atomic E-state index is 12.4. The summed E-state index contributed by atoms with van der Waals surface area (Å²) in [4.78, 5) is 18.3. The fourth-order valence-corrected chi connectivity index (χ4v) is 3.64. The lowest BCUT2D eigenvalue weighted by Crippen LogP contribution is -2.38. The van der Waals surface area contributed by atoms with Crippen LogP contribution in [0.25, 0.3) is 0 Å². The van der Waals surface area contributed by atoms with Gasteiger partial charge < -0.3 is 4.90 Å². The molecule has 0 bridgehead atoms. The van der Waals surface area contributed by atoms with Crippen LogP contribution >= 0.6 is 0 Å². The lowest BCUT2D eigenvalue weighted by Gasteiger charge is -2.31. The van der Waals surface area contributed by atoms with Crippen molar-refractivity contribution in [1.82, 2.24) is 29.9 Å². The molecule has 1 saturated heterocycles. The van der Waals surface area contributed by atoms with E-state index in [-0.39, 0.29) is 5.91 Å². The van der Waals surface area contributed by atoms with Crippen molar-refractivity contribution in [2.24, 2.45) is 0 Å². The molecule has 27 heavy (non-hydrogen) atoms. The molecule has 0 spiro atoms. The predicted octanol–water partition coefficient (Wildman–Crippen LogP) is 2.39. The summed E-state index contributed by atoms with van der Waals surface area (Å²) in [6.45, 7) is 2.17. The van der Waals surface area contributed by atoms with Crippen LogP contribution in [-0.2, 0) is 17.8 Å². The Kier molecular flexibility index (Phi) is 5.27. The predicted molar refractivity (Wildman–Crippen MR) is 101 cm³/mol. The molecule has 3 aromatic rings. The summed E-state index contributed by atoms with van der Waals surface area (Å²) in [6.07, 6.45) is 6.40. The molecule has 1 N–H and O–H groups in total. The second-order valence-electron chi connectivity index (χ2n) is 7.04. The lowest BCUT2D eigenvalue weighted by atomic mass is 9.93. The van der Waals surface area contributed by atoms with Gasteiger partial charge in [-0.2, -0.15) is 10.2 Å². The number of rotatable bonds is 6. The summed E-state index contributed by atoms with van der Waals surface area (Å²) < 4.78 is 1.70. The molecule has 1 fully saturated rings. The number of carbonyl (C=O) groups is 1. The van der Waals surface area contributed by atoms with Gasteiger partial charge in [-0.1, -0.05) is 30.3 Å². The van der Waals surface area contributed by atoms with Crippen molar-refractivity contribution in [2.45, 2.75) is 38.1 Å². The second kappa shape index (κ2) is 8.16. The first kappa shape index (κ1) is 17.5. The van der Waals surface area contributed by atoms with Crippen molar-refractivity contribution in [2.75, 3.05) is 13.1 Å². The van der Waals surface area contributed by atoms with Crippen molar-refractivity contribution in [1.29, 1.82) is 0 Å². The Morgan fingerprint density at radius 2 is 2.00 bits per heavy atom. The molecule has 0 radical (unpaired) electrons. The number of benzene rings is 1. The number of nitrogens with zero attached hydrogens (tertiary/aromatic N) is 5. The Morgan fingerprint density at radius 3 is 2.74 bits per heavy atom. The normalized spacial score (nSPS) is 15.2. The summed E-state index contributed by atoms with van der Waals surface area (Å²) in [5.74, 6) is 0.612. The van der Waals surface area contributed by atoms with Crippen LogP contribution in [0.4, 0.5) is 0 Å². The van der Waals surface area contributed by atoms with Crippen LogP contribution in [0.2, 0.25) is 0 Å². The highest BCUT2D eigenvalue weighted by Crippen LogP contribution is 2.27. The average molecular weight is 364 g/mol. The quantitative estimate of drug-likeness (QED) is 0.728. The maximum absolute atomic E-state index is 12.4. The Morgan fingerprint density at radius 1 is 1.19 bits per heavy atom. The Labute approximate surface area is 158 Å². The summed E-state index contributed by atoms with van der Waals surface area (Å²) in [6, 6.07) is 12.6. The molecule has 1 aliphatic rings. The molecule has 3 heterocycles. The molecule has 2 aromatic heterocycles. The maximum Gasteiger partial charge on any atom is 0.224 e. The zero-order valence-electron chi connectivity index (χ0n) is 15.3. The topological polar surface area (TPSA) is 79.7 Å². The minimum absolute atomic E-state index is 0.191. The van der Waals surface area contributed by atoms with Crippen molar-refractivity contribution < 1.29 is 4.79 Å². The largest absolute Gasteiger partial charge is 0.343 e. The summed E-state index contributed by atoms with van der Waals surface area (Å²) in [7, 11) is 0. The Hall–Kier alpha value is -2.96. The number of aromatic nitrogens is 5. The van der Waals surface area contributed by atoms with Gasteiger partial charge in [-0.3, -0.25) is 14.6 Å². The van der Waals surface area contributed by atoms with Crippen LogP contribution in [0, 0.1) is 0 Å². The Bertz CT molecular complexity index is 850. The first-order chi connectivity index (χ1) is 13.3. The van der Waals surface area contributed by atoms with Gasteiger partial charge in [0.1, 0.15) is 12.7 Å². The number of aryl methyl sites for hydroxylation is 1. The molecule has 7 heteroatoms. The van der Waals surface area contributed by atoms with E-state index < -0.39 is 0 Å². The van der Waals surface area contributed by atoms with Crippen molar-refractivity contribution in [3.05, 3.63) is 66.0 Å².